The fourth-order valence-electron chi connectivity index (χ4n) is 2.37. The molecule has 1 aliphatic rings. The number of benzene rings is 1. The number of carboxylic acids is 1. The summed E-state index contributed by atoms with van der Waals surface area (Å²) in [6.07, 6.45) is 3.75. The molecule has 4 nitrogen and oxygen atoms in total. The maximum absolute atomic E-state index is 10.6. The normalized spacial score (nSPS) is 18.3. The lowest BCUT2D eigenvalue weighted by atomic mass is 10.1. The zero-order chi connectivity index (χ0) is 13.0. The number of hydrogen-bond donors (Lipinski definition) is 1. The van der Waals surface area contributed by atoms with Gasteiger partial charge < -0.3 is 9.94 Å². The highest BCUT2D eigenvalue weighted by atomic mass is 16.7. The van der Waals surface area contributed by atoms with E-state index < -0.39 is 5.97 Å². The molecule has 1 aromatic rings. The summed E-state index contributed by atoms with van der Waals surface area (Å²) in [5.74, 6) is 0.00670. The molecule has 0 aliphatic carbocycles. The van der Waals surface area contributed by atoms with E-state index in [0.717, 1.165) is 24.4 Å². The maximum Gasteiger partial charge on any atom is 0.307 e. The average molecular weight is 250 g/mol. The molecule has 0 radical (unpaired) electrons. The Balaban J connectivity index is 1.99. The van der Waals surface area contributed by atoms with Crippen LogP contribution in [0.15, 0.2) is 24.3 Å². The van der Waals surface area contributed by atoms with E-state index in [0.29, 0.717) is 4.65 Å². The molecule has 1 heterocycles. The lowest BCUT2D eigenvalue weighted by Gasteiger charge is -2.34. The second-order valence-electron chi connectivity index (χ2n) is 5.11. The molecule has 2 rings (SSSR count). The van der Waals surface area contributed by atoms with Crippen LogP contribution in [0.2, 0.25) is 0 Å². The van der Waals surface area contributed by atoms with E-state index in [9.17, 15) is 4.79 Å². The van der Waals surface area contributed by atoms with E-state index >= 15 is 0 Å². The molecule has 0 saturated carbocycles. The molecule has 98 valence electrons. The third kappa shape index (κ3) is 3.47. The van der Waals surface area contributed by atoms with Crippen molar-refractivity contribution in [2.24, 2.45) is 0 Å². The highest BCUT2D eigenvalue weighted by Crippen LogP contribution is 2.21. The number of carbonyl (C=O) groups is 1. The predicted octanol–water partition coefficient (Wildman–Crippen LogP) is 2.24. The number of aliphatic carboxylic acids is 1. The third-order valence-corrected chi connectivity index (χ3v) is 3.37. The van der Waals surface area contributed by atoms with Gasteiger partial charge in [0.05, 0.1) is 6.42 Å². The van der Waals surface area contributed by atoms with Crippen LogP contribution < -0.4 is 4.84 Å². The summed E-state index contributed by atoms with van der Waals surface area (Å²) >= 11 is 0. The van der Waals surface area contributed by atoms with E-state index in [1.807, 2.05) is 24.3 Å². The first-order chi connectivity index (χ1) is 8.57. The molecular weight excluding hydrogens is 230 g/mol. The van der Waals surface area contributed by atoms with Crippen molar-refractivity contribution < 1.29 is 19.4 Å². The second-order valence-corrected chi connectivity index (χ2v) is 5.11. The molecule has 4 heteroatoms. The van der Waals surface area contributed by atoms with Gasteiger partial charge in [-0.3, -0.25) is 4.79 Å². The first-order valence-corrected chi connectivity index (χ1v) is 6.42. The van der Waals surface area contributed by atoms with Gasteiger partial charge in [0.2, 0.25) is 0 Å². The summed E-state index contributed by atoms with van der Waals surface area (Å²) < 4.78 is 0.623. The summed E-state index contributed by atoms with van der Waals surface area (Å²) in [6.45, 7) is 2.08. The zero-order valence-corrected chi connectivity index (χ0v) is 10.8. The molecule has 0 atom stereocenters. The Kier molecular flexibility index (Phi) is 3.87. The second kappa shape index (κ2) is 5.40. The van der Waals surface area contributed by atoms with E-state index in [1.165, 1.54) is 19.3 Å². The standard InChI is InChI=1S/C14H19NO3/c1-15(9-3-2-4-10-15)18-13-7-5-12(6-8-13)11-14(16)17/h5-8H,2-4,9-11H2,1H3/p+1. The van der Waals surface area contributed by atoms with Crippen LogP contribution in [0.3, 0.4) is 0 Å². The van der Waals surface area contributed by atoms with Crippen LogP contribution >= 0.6 is 0 Å². The van der Waals surface area contributed by atoms with Crippen molar-refractivity contribution in [2.45, 2.75) is 25.7 Å². The maximum atomic E-state index is 10.6. The molecule has 1 saturated heterocycles. The van der Waals surface area contributed by atoms with Gasteiger partial charge in [0, 0.05) is 12.8 Å². The van der Waals surface area contributed by atoms with Gasteiger partial charge in [-0.1, -0.05) is 12.1 Å². The van der Waals surface area contributed by atoms with Gasteiger partial charge in [0.15, 0.2) is 5.75 Å². The molecular formula is C14H20NO3+. The van der Waals surface area contributed by atoms with Gasteiger partial charge in [-0.25, -0.2) is 0 Å². The predicted molar refractivity (Wildman–Crippen MR) is 68.2 cm³/mol. The van der Waals surface area contributed by atoms with Gasteiger partial charge in [-0.05, 0) is 24.1 Å². The summed E-state index contributed by atoms with van der Waals surface area (Å²) in [5.41, 5.74) is 0.802. The number of piperidine rings is 1. The van der Waals surface area contributed by atoms with Gasteiger partial charge in [-0.2, -0.15) is 0 Å². The van der Waals surface area contributed by atoms with Crippen LogP contribution in [0.5, 0.6) is 5.75 Å². The Labute approximate surface area is 107 Å². The van der Waals surface area contributed by atoms with Gasteiger partial charge >= 0.3 is 5.97 Å². The SMILES string of the molecule is C[N+]1(Oc2ccc(CC(=O)O)cc2)CCCCC1. The summed E-state index contributed by atoms with van der Waals surface area (Å²) in [7, 11) is 2.10. The van der Waals surface area contributed by atoms with Crippen LogP contribution in [0.1, 0.15) is 24.8 Å². The van der Waals surface area contributed by atoms with Crippen molar-refractivity contribution in [2.75, 3.05) is 20.1 Å². The minimum atomic E-state index is -0.807. The Hall–Kier alpha value is -1.55. The van der Waals surface area contributed by atoms with Crippen molar-refractivity contribution >= 4 is 5.97 Å². The topological polar surface area (TPSA) is 46.5 Å². The van der Waals surface area contributed by atoms with E-state index in [-0.39, 0.29) is 6.42 Å². The van der Waals surface area contributed by atoms with Crippen LogP contribution in [0, 0.1) is 0 Å². The largest absolute Gasteiger partial charge is 0.481 e. The Morgan fingerprint density at radius 2 is 1.83 bits per heavy atom. The number of likely N-dealkylation sites (tertiary alicyclic amines) is 1. The first kappa shape index (κ1) is 12.9. The molecule has 1 aliphatic heterocycles. The monoisotopic (exact) mass is 250 g/mol. The third-order valence-electron chi connectivity index (χ3n) is 3.37. The lowest BCUT2D eigenvalue weighted by molar-refractivity contribution is -1.07. The molecule has 0 aromatic heterocycles. The van der Waals surface area contributed by atoms with Crippen LogP contribution in [0.4, 0.5) is 0 Å². The fourth-order valence-corrected chi connectivity index (χ4v) is 2.37. The molecule has 0 spiro atoms. The molecule has 1 N–H and O–H groups in total. The fraction of sp³-hybridized carbons (Fsp3) is 0.500. The number of hydroxylamine groups is 3. The number of carboxylic acid groups (broad SMARTS) is 1. The molecule has 0 amide bonds. The summed E-state index contributed by atoms with van der Waals surface area (Å²) in [5, 5.41) is 8.70. The highest BCUT2D eigenvalue weighted by molar-refractivity contribution is 5.70. The van der Waals surface area contributed by atoms with Gasteiger partial charge in [0.25, 0.3) is 0 Å². The zero-order valence-electron chi connectivity index (χ0n) is 10.8. The smallest absolute Gasteiger partial charge is 0.307 e. The first-order valence-electron chi connectivity index (χ1n) is 6.42. The quantitative estimate of drug-likeness (QED) is 0.834. The van der Waals surface area contributed by atoms with E-state index in [1.54, 1.807) is 0 Å². The minimum Gasteiger partial charge on any atom is -0.481 e. The van der Waals surface area contributed by atoms with Crippen molar-refractivity contribution in [3.63, 3.8) is 0 Å². The van der Waals surface area contributed by atoms with Crippen LogP contribution in [-0.4, -0.2) is 35.9 Å². The number of rotatable bonds is 4. The van der Waals surface area contributed by atoms with Crippen LogP contribution in [0.25, 0.3) is 0 Å². The Morgan fingerprint density at radius 3 is 2.39 bits per heavy atom. The van der Waals surface area contributed by atoms with Crippen molar-refractivity contribution in [3.05, 3.63) is 29.8 Å². The highest BCUT2D eigenvalue weighted by Gasteiger charge is 2.27. The van der Waals surface area contributed by atoms with Crippen LogP contribution in [-0.2, 0) is 11.2 Å². The summed E-state index contributed by atoms with van der Waals surface area (Å²) in [4.78, 5) is 16.6. The molecule has 1 aromatic carbocycles. The van der Waals surface area contributed by atoms with E-state index in [4.69, 9.17) is 9.94 Å². The molecule has 0 bridgehead atoms. The molecule has 18 heavy (non-hydrogen) atoms. The van der Waals surface area contributed by atoms with Gasteiger partial charge in [0.1, 0.15) is 20.1 Å². The van der Waals surface area contributed by atoms with Gasteiger partial charge in [-0.15, -0.1) is 4.65 Å². The Bertz CT molecular complexity index is 408. The number of quaternary nitrogens is 1. The lowest BCUT2D eigenvalue weighted by Crippen LogP contribution is -2.50. The molecule has 0 unspecified atom stereocenters. The molecule has 1 fully saturated rings. The summed E-state index contributed by atoms with van der Waals surface area (Å²) in [6, 6.07) is 7.35. The van der Waals surface area contributed by atoms with E-state index in [2.05, 4.69) is 7.05 Å². The van der Waals surface area contributed by atoms with Crippen molar-refractivity contribution in [3.8, 4) is 5.75 Å². The number of nitrogens with zero attached hydrogens (tertiary/aromatic N) is 1. The number of hydrogen-bond acceptors (Lipinski definition) is 2. The minimum absolute atomic E-state index is 0.0619. The Morgan fingerprint density at radius 1 is 1.22 bits per heavy atom. The van der Waals surface area contributed by atoms with Crippen molar-refractivity contribution in [1.82, 2.24) is 0 Å². The average Bonchev–Trinajstić information content (AvgIpc) is 2.31. The van der Waals surface area contributed by atoms with Crippen molar-refractivity contribution in [1.29, 1.82) is 0 Å².